The van der Waals surface area contributed by atoms with Gasteiger partial charge < -0.3 is 0 Å². The number of allylic oxidation sites excluding steroid dienone is 2. The van der Waals surface area contributed by atoms with Crippen molar-refractivity contribution in [3.05, 3.63) is 57.0 Å². The molecule has 0 atom stereocenters. The molecule has 0 saturated carbocycles. The molecule has 0 spiro atoms. The Morgan fingerprint density at radius 3 is 0.980 bits per heavy atom. The second-order valence-corrected chi connectivity index (χ2v) is 15.3. The van der Waals surface area contributed by atoms with Crippen LogP contribution in [0.2, 0.25) is 0 Å². The van der Waals surface area contributed by atoms with E-state index < -0.39 is 0 Å². The van der Waals surface area contributed by atoms with Crippen LogP contribution < -0.4 is 10.4 Å². The zero-order valence-corrected chi connectivity index (χ0v) is 35.6. The quantitative estimate of drug-likeness (QED) is 0.0903. The van der Waals surface area contributed by atoms with Crippen molar-refractivity contribution in [2.24, 2.45) is 0 Å². The van der Waals surface area contributed by atoms with Gasteiger partial charge in [0.05, 0.1) is 0 Å². The molecule has 1 aromatic rings. The van der Waals surface area contributed by atoms with Gasteiger partial charge in [0.25, 0.3) is 0 Å². The monoisotopic (exact) mass is 936 g/mol. The molecule has 0 nitrogen and oxygen atoms in total. The Morgan fingerprint density at radius 1 is 0.440 bits per heavy atom. The Kier molecular flexibility index (Phi) is 31.3. The minimum absolute atomic E-state index is 0. The molecule has 50 heavy (non-hydrogen) atoms. The Hall–Kier alpha value is 0.0374. The molecule has 8 radical (unpaired) electrons. The number of fused-ring (bicyclic) bond motifs is 4. The maximum atomic E-state index is 3.63. The predicted molar refractivity (Wildman–Crippen MR) is 242 cm³/mol. The van der Waals surface area contributed by atoms with Crippen molar-refractivity contribution in [3.63, 3.8) is 0 Å². The number of hydrogen-bond acceptors (Lipinski definition) is 0. The van der Waals surface area contributed by atoms with Crippen molar-refractivity contribution < 1.29 is 0 Å². The molecule has 1 aromatic carbocycles. The van der Waals surface area contributed by atoms with E-state index in [-0.39, 0.29) is 103 Å². The molecule has 2 heterocycles. The third-order valence-electron chi connectivity index (χ3n) is 10.8. The molecular weight excluding hydrogens is 854 g/mol. The maximum Gasteiger partial charge on any atom is 0.0477 e. The number of hydrogen-bond donors (Lipinski definition) is 0. The first-order chi connectivity index (χ1) is 20.7. The topological polar surface area (TPSA) is 0 Å². The molecule has 0 fully saturated rings. The van der Waals surface area contributed by atoms with Gasteiger partial charge in [-0.25, -0.2) is 0 Å². The summed E-state index contributed by atoms with van der Waals surface area (Å²) in [7, 11) is 0. The van der Waals surface area contributed by atoms with Crippen molar-refractivity contribution in [1.82, 2.24) is 0 Å². The van der Waals surface area contributed by atoms with Crippen LogP contribution in [0.5, 0.6) is 0 Å². The van der Waals surface area contributed by atoms with Crippen LogP contribution in [-0.2, 0) is 10.8 Å². The smallest absolute Gasteiger partial charge is 0.0477 e. The van der Waals surface area contributed by atoms with Crippen molar-refractivity contribution in [2.45, 2.75) is 212 Å². The van der Waals surface area contributed by atoms with E-state index in [9.17, 15) is 0 Å². The Bertz CT molecular complexity index is 1320. The van der Waals surface area contributed by atoms with Crippen LogP contribution in [0.3, 0.4) is 0 Å². The summed E-state index contributed by atoms with van der Waals surface area (Å²) in [5, 5.41) is 10.4. The summed E-state index contributed by atoms with van der Waals surface area (Å²) in [6, 6.07) is 5.47. The van der Waals surface area contributed by atoms with Gasteiger partial charge in [-0.1, -0.05) is 208 Å². The molecule has 2 aliphatic carbocycles. The molecular formula is C46H80S2Sn2. The van der Waals surface area contributed by atoms with Crippen LogP contribution in [0.1, 0.15) is 212 Å². The normalized spacial score (nSPS) is 15.1. The van der Waals surface area contributed by atoms with Gasteiger partial charge in [0.1, 0.15) is 0 Å². The van der Waals surface area contributed by atoms with Gasteiger partial charge in [-0.2, -0.15) is 0 Å². The third kappa shape index (κ3) is 11.5. The average molecular weight is 935 g/mol. The van der Waals surface area contributed by atoms with Gasteiger partial charge >= 0.3 is 0 Å². The minimum atomic E-state index is 0. The van der Waals surface area contributed by atoms with Gasteiger partial charge in [0, 0.05) is 68.5 Å². The van der Waals surface area contributed by atoms with Crippen LogP contribution in [0.15, 0.2) is 35.4 Å². The van der Waals surface area contributed by atoms with E-state index in [2.05, 4.69) is 62.3 Å². The van der Waals surface area contributed by atoms with Crippen molar-refractivity contribution in [2.75, 3.05) is 0 Å². The molecule has 284 valence electrons. The SMILES string of the molecule is C.C.C.C.C.C.CCCCCCC1(CCCCCC)C2=CC#SC2=c2cc3c(cc21)=C1S#CC=C1C3(CCCCCC)CCCCCC.[Sn].[Sn]. The Morgan fingerprint density at radius 2 is 0.720 bits per heavy atom. The van der Waals surface area contributed by atoms with Crippen molar-refractivity contribution in [3.8, 4) is 10.4 Å². The summed E-state index contributed by atoms with van der Waals surface area (Å²) >= 11 is 3.79. The van der Waals surface area contributed by atoms with E-state index in [0.717, 1.165) is 0 Å². The predicted octanol–water partition coefficient (Wildman–Crippen LogP) is 14.6. The molecule has 0 bridgehead atoms. The van der Waals surface area contributed by atoms with Gasteiger partial charge in [-0.05, 0) is 82.7 Å². The zero-order chi connectivity index (χ0) is 29.4. The van der Waals surface area contributed by atoms with E-state index in [1.165, 1.54) is 128 Å². The fraction of sp³-hybridized carbons (Fsp3) is 0.696. The summed E-state index contributed by atoms with van der Waals surface area (Å²) < 4.78 is 0. The van der Waals surface area contributed by atoms with Gasteiger partial charge in [0.15, 0.2) is 0 Å². The second kappa shape index (κ2) is 27.6. The summed E-state index contributed by atoms with van der Waals surface area (Å²) in [4.78, 5) is 3.10. The van der Waals surface area contributed by atoms with E-state index in [1.807, 2.05) is 22.3 Å². The van der Waals surface area contributed by atoms with E-state index in [0.29, 0.717) is 0 Å². The molecule has 0 N–H and O–H groups in total. The minimum Gasteiger partial charge on any atom is -0.0921 e. The van der Waals surface area contributed by atoms with Crippen molar-refractivity contribution in [1.29, 1.82) is 0 Å². The van der Waals surface area contributed by atoms with E-state index in [1.54, 1.807) is 42.5 Å². The van der Waals surface area contributed by atoms with Gasteiger partial charge in [-0.15, -0.1) is 0 Å². The molecule has 4 heteroatoms. The molecule has 0 amide bonds. The van der Waals surface area contributed by atoms with E-state index >= 15 is 0 Å². The van der Waals surface area contributed by atoms with Gasteiger partial charge in [0.2, 0.25) is 0 Å². The number of benzene rings is 1. The second-order valence-electron chi connectivity index (χ2n) is 13.6. The largest absolute Gasteiger partial charge is 0.0921 e. The fourth-order valence-electron chi connectivity index (χ4n) is 8.45. The number of unbranched alkanes of at least 4 members (excludes halogenated alkanes) is 12. The first kappa shape index (κ1) is 56.8. The summed E-state index contributed by atoms with van der Waals surface area (Å²) in [6.07, 6.45) is 31.4. The van der Waals surface area contributed by atoms with E-state index in [4.69, 9.17) is 0 Å². The Labute approximate surface area is 355 Å². The van der Waals surface area contributed by atoms with Crippen LogP contribution >= 0.6 is 22.3 Å². The summed E-state index contributed by atoms with van der Waals surface area (Å²) in [5.41, 5.74) is 6.91. The molecule has 0 saturated heterocycles. The standard InChI is InChI=1S/C40H56S2.6CH4.2Sn/c1-5-9-13-17-23-39(24-18-14-10-6-2)33-21-27-41-37(33)31-30-36-32(29-35(31)39)38-34(22-28-42-38)40(36,25-19-15-11-7-3)26-20-16-12-8-4;;;;;;;;/h21-22,29-30H,5-20,23-26H2,1-4H3;6*1H4;;. The van der Waals surface area contributed by atoms with Crippen LogP contribution in [0.25, 0.3) is 9.81 Å². The van der Waals surface area contributed by atoms with Gasteiger partial charge in [-0.3, -0.25) is 0 Å². The molecule has 4 aliphatic rings. The van der Waals surface area contributed by atoms with Crippen LogP contribution in [0, 0.1) is 10.4 Å². The molecule has 0 unspecified atom stereocenters. The van der Waals surface area contributed by atoms with Crippen LogP contribution in [0.4, 0.5) is 0 Å². The third-order valence-corrected chi connectivity index (χ3v) is 12.5. The Balaban J connectivity index is -0.00000132. The first-order valence-corrected chi connectivity index (χ1v) is 19.5. The molecule has 2 aliphatic heterocycles. The fourth-order valence-corrected chi connectivity index (χ4v) is 10.3. The molecule has 0 aromatic heterocycles. The zero-order valence-electron chi connectivity index (χ0n) is 28.3. The summed E-state index contributed by atoms with van der Waals surface area (Å²) in [6.45, 7) is 9.36. The van der Waals surface area contributed by atoms with Crippen molar-refractivity contribution >= 4 is 80.0 Å². The van der Waals surface area contributed by atoms with Crippen LogP contribution in [-0.4, -0.2) is 47.8 Å². The molecule has 5 rings (SSSR count). The average Bonchev–Trinajstić information content (AvgIpc) is 3.78. The first-order valence-electron chi connectivity index (χ1n) is 17.9. The maximum absolute atomic E-state index is 3.63. The summed E-state index contributed by atoms with van der Waals surface area (Å²) in [5.74, 6) is 0. The number of rotatable bonds is 20.